The Labute approximate surface area is 147 Å². The number of aromatic nitrogens is 2. The summed E-state index contributed by atoms with van der Waals surface area (Å²) < 4.78 is 1.14. The number of hydrogen-bond acceptors (Lipinski definition) is 4. The van der Waals surface area contributed by atoms with Crippen LogP contribution in [0.3, 0.4) is 0 Å². The molecule has 120 valence electrons. The summed E-state index contributed by atoms with van der Waals surface area (Å²) in [6.45, 7) is 1.80. The molecule has 0 fully saturated rings. The fourth-order valence-electron chi connectivity index (χ4n) is 3.44. The quantitative estimate of drug-likeness (QED) is 0.492. The number of fused-ring (bicyclic) bond motifs is 4. The SMILES string of the molecule is Nc1ccc2nc(N3CCc4c([nH]c5ccc(Cl)cc45)C3)sc2c1. The second kappa shape index (κ2) is 5.13. The number of H-pyrrole nitrogens is 1. The van der Waals surface area contributed by atoms with E-state index in [4.69, 9.17) is 22.3 Å². The van der Waals surface area contributed by atoms with E-state index in [1.165, 1.54) is 16.6 Å². The molecule has 1 aliphatic heterocycles. The molecule has 3 heterocycles. The number of halogens is 1. The van der Waals surface area contributed by atoms with Crippen molar-refractivity contribution in [2.75, 3.05) is 17.2 Å². The minimum Gasteiger partial charge on any atom is -0.399 e. The van der Waals surface area contributed by atoms with Crippen LogP contribution in [0.1, 0.15) is 11.3 Å². The summed E-state index contributed by atoms with van der Waals surface area (Å²) in [7, 11) is 0. The molecule has 0 aliphatic carbocycles. The van der Waals surface area contributed by atoms with Crippen LogP contribution < -0.4 is 10.6 Å². The van der Waals surface area contributed by atoms with Gasteiger partial charge < -0.3 is 15.6 Å². The van der Waals surface area contributed by atoms with Crippen molar-refractivity contribution in [3.63, 3.8) is 0 Å². The zero-order valence-electron chi connectivity index (χ0n) is 12.8. The minimum atomic E-state index is 0.783. The predicted octanol–water partition coefficient (Wildman–Crippen LogP) is 4.58. The van der Waals surface area contributed by atoms with Gasteiger partial charge >= 0.3 is 0 Å². The minimum absolute atomic E-state index is 0.783. The van der Waals surface area contributed by atoms with Crippen LogP contribution in [0.4, 0.5) is 10.8 Å². The van der Waals surface area contributed by atoms with Crippen molar-refractivity contribution < 1.29 is 0 Å². The number of aromatic amines is 1. The molecule has 5 rings (SSSR count). The number of nitrogens with one attached hydrogen (secondary N) is 1. The van der Waals surface area contributed by atoms with Crippen LogP contribution in [0.25, 0.3) is 21.1 Å². The van der Waals surface area contributed by atoms with Crippen LogP contribution >= 0.6 is 22.9 Å². The van der Waals surface area contributed by atoms with Gasteiger partial charge in [0.2, 0.25) is 0 Å². The average molecular weight is 355 g/mol. The number of rotatable bonds is 1. The maximum atomic E-state index is 6.16. The Morgan fingerprint density at radius 1 is 1.21 bits per heavy atom. The van der Waals surface area contributed by atoms with E-state index in [0.717, 1.165) is 51.1 Å². The standard InChI is InChI=1S/C18H15ClN4S/c19-10-1-3-14-13(7-10)12-5-6-23(9-16(12)21-14)18-22-15-4-2-11(20)8-17(15)24-18/h1-4,7-8,21H,5-6,9,20H2. The molecule has 2 aromatic heterocycles. The van der Waals surface area contributed by atoms with Gasteiger partial charge in [0.05, 0.1) is 16.8 Å². The van der Waals surface area contributed by atoms with Crippen molar-refractivity contribution in [2.45, 2.75) is 13.0 Å². The first-order valence-corrected chi connectivity index (χ1v) is 9.07. The van der Waals surface area contributed by atoms with Gasteiger partial charge in [0.15, 0.2) is 5.13 Å². The highest BCUT2D eigenvalue weighted by Gasteiger charge is 2.23. The number of nitrogens with two attached hydrogens (primary N) is 1. The topological polar surface area (TPSA) is 57.9 Å². The van der Waals surface area contributed by atoms with E-state index in [1.54, 1.807) is 11.3 Å². The lowest BCUT2D eigenvalue weighted by Crippen LogP contribution is -2.29. The fourth-order valence-corrected chi connectivity index (χ4v) is 4.65. The van der Waals surface area contributed by atoms with E-state index in [9.17, 15) is 0 Å². The van der Waals surface area contributed by atoms with Crippen molar-refractivity contribution >= 4 is 54.9 Å². The number of hydrogen-bond donors (Lipinski definition) is 2. The molecule has 6 heteroatoms. The second-order valence-corrected chi connectivity index (χ2v) is 7.61. The van der Waals surface area contributed by atoms with E-state index in [2.05, 4.69) is 22.0 Å². The molecule has 24 heavy (non-hydrogen) atoms. The predicted molar refractivity (Wildman–Crippen MR) is 102 cm³/mol. The van der Waals surface area contributed by atoms with Crippen molar-refractivity contribution in [1.82, 2.24) is 9.97 Å². The highest BCUT2D eigenvalue weighted by molar-refractivity contribution is 7.22. The van der Waals surface area contributed by atoms with Gasteiger partial charge in [-0.1, -0.05) is 22.9 Å². The zero-order chi connectivity index (χ0) is 16.3. The average Bonchev–Trinajstić information content (AvgIpc) is 3.14. The van der Waals surface area contributed by atoms with Gasteiger partial charge in [-0.2, -0.15) is 0 Å². The monoisotopic (exact) mass is 354 g/mol. The molecule has 3 N–H and O–H groups in total. The summed E-state index contributed by atoms with van der Waals surface area (Å²) in [6.07, 6.45) is 0.994. The van der Waals surface area contributed by atoms with Crippen LogP contribution in [0.2, 0.25) is 5.02 Å². The van der Waals surface area contributed by atoms with Gasteiger partial charge in [0.1, 0.15) is 0 Å². The number of thiazole rings is 1. The maximum absolute atomic E-state index is 6.16. The van der Waals surface area contributed by atoms with E-state index in [0.29, 0.717) is 0 Å². The molecule has 0 saturated carbocycles. The molecule has 0 saturated heterocycles. The summed E-state index contributed by atoms with van der Waals surface area (Å²) in [5.74, 6) is 0. The van der Waals surface area contributed by atoms with Gasteiger partial charge in [-0.15, -0.1) is 0 Å². The van der Waals surface area contributed by atoms with Crippen molar-refractivity contribution in [2.24, 2.45) is 0 Å². The highest BCUT2D eigenvalue weighted by atomic mass is 35.5. The van der Waals surface area contributed by atoms with Gasteiger partial charge in [-0.05, 0) is 48.4 Å². The summed E-state index contributed by atoms with van der Waals surface area (Å²) in [4.78, 5) is 10.6. The first kappa shape index (κ1) is 14.1. The largest absolute Gasteiger partial charge is 0.399 e. The van der Waals surface area contributed by atoms with Crippen molar-refractivity contribution in [3.05, 3.63) is 52.7 Å². The molecule has 0 amide bonds. The molecule has 1 aliphatic rings. The van der Waals surface area contributed by atoms with Crippen molar-refractivity contribution in [1.29, 1.82) is 0 Å². The Morgan fingerprint density at radius 3 is 3.04 bits per heavy atom. The molecule has 4 aromatic rings. The Bertz CT molecular complexity index is 1080. The lowest BCUT2D eigenvalue weighted by Gasteiger charge is -2.26. The van der Waals surface area contributed by atoms with Crippen LogP contribution in [0.5, 0.6) is 0 Å². The highest BCUT2D eigenvalue weighted by Crippen LogP contribution is 2.35. The Hall–Kier alpha value is -2.24. The number of nitrogen functional groups attached to an aromatic ring is 1. The summed E-state index contributed by atoms with van der Waals surface area (Å²) in [5, 5.41) is 3.09. The van der Waals surface area contributed by atoms with Gasteiger partial charge in [0.25, 0.3) is 0 Å². The lowest BCUT2D eigenvalue weighted by atomic mass is 10.0. The number of benzene rings is 2. The third kappa shape index (κ3) is 2.16. The van der Waals surface area contributed by atoms with Gasteiger partial charge in [0, 0.05) is 33.9 Å². The third-order valence-corrected chi connectivity index (χ3v) is 5.92. The molecule has 0 atom stereocenters. The normalized spacial score (nSPS) is 14.5. The Morgan fingerprint density at radius 2 is 2.12 bits per heavy atom. The number of nitrogens with zero attached hydrogens (tertiary/aromatic N) is 2. The molecule has 0 radical (unpaired) electrons. The first-order chi connectivity index (χ1) is 11.7. The second-order valence-electron chi connectivity index (χ2n) is 6.17. The molecule has 0 unspecified atom stereocenters. The van der Waals surface area contributed by atoms with Crippen LogP contribution in [0, 0.1) is 0 Å². The summed E-state index contributed by atoms with van der Waals surface area (Å²) in [5.41, 5.74) is 11.5. The molecular formula is C18H15ClN4S. The molecule has 2 aromatic carbocycles. The van der Waals surface area contributed by atoms with Gasteiger partial charge in [-0.3, -0.25) is 0 Å². The molecular weight excluding hydrogens is 340 g/mol. The van der Waals surface area contributed by atoms with E-state index >= 15 is 0 Å². The van der Waals surface area contributed by atoms with E-state index in [-0.39, 0.29) is 0 Å². The zero-order valence-corrected chi connectivity index (χ0v) is 14.4. The summed E-state index contributed by atoms with van der Waals surface area (Å²) in [6, 6.07) is 11.9. The summed E-state index contributed by atoms with van der Waals surface area (Å²) >= 11 is 7.86. The molecule has 0 spiro atoms. The lowest BCUT2D eigenvalue weighted by molar-refractivity contribution is 0.722. The van der Waals surface area contributed by atoms with Crippen molar-refractivity contribution in [3.8, 4) is 0 Å². The third-order valence-electron chi connectivity index (χ3n) is 4.61. The number of anilines is 2. The fraction of sp³-hybridized carbons (Fsp3) is 0.167. The van der Waals surface area contributed by atoms with E-state index < -0.39 is 0 Å². The van der Waals surface area contributed by atoms with Crippen LogP contribution in [-0.2, 0) is 13.0 Å². The van der Waals surface area contributed by atoms with Crippen LogP contribution in [-0.4, -0.2) is 16.5 Å². The molecule has 4 nitrogen and oxygen atoms in total. The maximum Gasteiger partial charge on any atom is 0.186 e. The Balaban J connectivity index is 1.54. The smallest absolute Gasteiger partial charge is 0.186 e. The molecule has 0 bridgehead atoms. The van der Waals surface area contributed by atoms with Gasteiger partial charge in [-0.25, -0.2) is 4.98 Å². The first-order valence-electron chi connectivity index (χ1n) is 7.87. The Kier molecular flexibility index (Phi) is 3.02. The van der Waals surface area contributed by atoms with E-state index in [1.807, 2.05) is 24.3 Å². The van der Waals surface area contributed by atoms with Crippen LogP contribution in [0.15, 0.2) is 36.4 Å².